The molecule has 0 aromatic carbocycles. The van der Waals surface area contributed by atoms with Crippen molar-refractivity contribution in [2.75, 3.05) is 5.73 Å². The zero-order valence-corrected chi connectivity index (χ0v) is 7.69. The van der Waals surface area contributed by atoms with Crippen molar-refractivity contribution in [3.8, 4) is 0 Å². The Morgan fingerprint density at radius 1 is 1.45 bits per heavy atom. The van der Waals surface area contributed by atoms with Gasteiger partial charge in [0.05, 0.1) is 0 Å². The third-order valence-electron chi connectivity index (χ3n) is 1.75. The largest absolute Gasteiger partial charge is 0.398 e. The number of hydrogen-bond acceptors (Lipinski definition) is 3. The first-order valence-electron chi connectivity index (χ1n) is 3.71. The molecule has 1 atom stereocenters. The third kappa shape index (κ3) is 1.73. The number of thiophene rings is 1. The molecule has 0 fully saturated rings. The van der Waals surface area contributed by atoms with Gasteiger partial charge in [0, 0.05) is 16.6 Å². The highest BCUT2D eigenvalue weighted by Crippen LogP contribution is 2.29. The van der Waals surface area contributed by atoms with E-state index >= 15 is 0 Å². The van der Waals surface area contributed by atoms with Gasteiger partial charge in [0.25, 0.3) is 0 Å². The molecule has 0 aliphatic heterocycles. The third-order valence-corrected chi connectivity index (χ3v) is 2.78. The monoisotopic (exact) mass is 170 g/mol. The number of rotatable bonds is 2. The van der Waals surface area contributed by atoms with Crippen LogP contribution in [0.1, 0.15) is 24.8 Å². The SMILES string of the molecule is CC(C)[C@@H](N)c1sccc1N. The van der Waals surface area contributed by atoms with Gasteiger partial charge in [-0.2, -0.15) is 0 Å². The second-order valence-corrected chi connectivity index (χ2v) is 3.96. The van der Waals surface area contributed by atoms with E-state index in [1.807, 2.05) is 11.4 Å². The van der Waals surface area contributed by atoms with Crippen LogP contribution in [0.15, 0.2) is 11.4 Å². The molecular formula is C8H14N2S. The summed E-state index contributed by atoms with van der Waals surface area (Å²) >= 11 is 1.64. The Bertz CT molecular complexity index is 230. The van der Waals surface area contributed by atoms with E-state index in [1.54, 1.807) is 11.3 Å². The summed E-state index contributed by atoms with van der Waals surface area (Å²) in [5.41, 5.74) is 12.5. The maximum Gasteiger partial charge on any atom is 0.0471 e. The fraction of sp³-hybridized carbons (Fsp3) is 0.500. The first kappa shape index (κ1) is 8.56. The summed E-state index contributed by atoms with van der Waals surface area (Å²) in [6.45, 7) is 4.20. The van der Waals surface area contributed by atoms with Crippen molar-refractivity contribution < 1.29 is 0 Å². The van der Waals surface area contributed by atoms with Gasteiger partial charge in [0.15, 0.2) is 0 Å². The Morgan fingerprint density at radius 2 is 2.09 bits per heavy atom. The first-order chi connectivity index (χ1) is 5.13. The molecule has 0 saturated heterocycles. The lowest BCUT2D eigenvalue weighted by atomic mass is 10.0. The van der Waals surface area contributed by atoms with E-state index in [1.165, 1.54) is 0 Å². The molecule has 0 bridgehead atoms. The summed E-state index contributed by atoms with van der Waals surface area (Å²) in [7, 11) is 0. The molecule has 11 heavy (non-hydrogen) atoms. The van der Waals surface area contributed by atoms with E-state index in [0.29, 0.717) is 5.92 Å². The Morgan fingerprint density at radius 3 is 2.45 bits per heavy atom. The lowest BCUT2D eigenvalue weighted by Crippen LogP contribution is -2.16. The Kier molecular flexibility index (Phi) is 2.52. The van der Waals surface area contributed by atoms with Gasteiger partial charge in [-0.3, -0.25) is 0 Å². The minimum absolute atomic E-state index is 0.0926. The van der Waals surface area contributed by atoms with Gasteiger partial charge in [-0.05, 0) is 17.4 Å². The Balaban J connectivity index is 2.84. The summed E-state index contributed by atoms with van der Waals surface area (Å²) in [5.74, 6) is 0.455. The summed E-state index contributed by atoms with van der Waals surface area (Å²) in [6.07, 6.45) is 0. The van der Waals surface area contributed by atoms with Crippen LogP contribution in [-0.2, 0) is 0 Å². The average molecular weight is 170 g/mol. The topological polar surface area (TPSA) is 52.0 Å². The van der Waals surface area contributed by atoms with E-state index in [9.17, 15) is 0 Å². The summed E-state index contributed by atoms with van der Waals surface area (Å²) < 4.78 is 0. The minimum atomic E-state index is 0.0926. The van der Waals surface area contributed by atoms with Gasteiger partial charge in [-0.15, -0.1) is 11.3 Å². The molecule has 0 spiro atoms. The van der Waals surface area contributed by atoms with Crippen molar-refractivity contribution >= 4 is 17.0 Å². The van der Waals surface area contributed by atoms with Crippen molar-refractivity contribution in [1.82, 2.24) is 0 Å². The zero-order chi connectivity index (χ0) is 8.43. The Labute approximate surface area is 71.2 Å². The highest BCUT2D eigenvalue weighted by Gasteiger charge is 2.13. The molecule has 0 aliphatic rings. The van der Waals surface area contributed by atoms with Gasteiger partial charge >= 0.3 is 0 Å². The molecule has 3 heteroatoms. The van der Waals surface area contributed by atoms with Crippen LogP contribution >= 0.6 is 11.3 Å². The molecule has 1 rings (SSSR count). The Hall–Kier alpha value is -0.540. The van der Waals surface area contributed by atoms with Crippen molar-refractivity contribution in [2.24, 2.45) is 11.7 Å². The lowest BCUT2D eigenvalue weighted by molar-refractivity contribution is 0.522. The van der Waals surface area contributed by atoms with Gasteiger partial charge in [0.2, 0.25) is 0 Å². The summed E-state index contributed by atoms with van der Waals surface area (Å²) in [5, 5.41) is 1.98. The predicted octanol–water partition coefficient (Wildman–Crippen LogP) is 1.99. The van der Waals surface area contributed by atoms with Gasteiger partial charge in [-0.25, -0.2) is 0 Å². The van der Waals surface area contributed by atoms with Gasteiger partial charge in [0.1, 0.15) is 0 Å². The van der Waals surface area contributed by atoms with Crippen LogP contribution in [0.4, 0.5) is 5.69 Å². The van der Waals surface area contributed by atoms with Crippen LogP contribution in [-0.4, -0.2) is 0 Å². The van der Waals surface area contributed by atoms with Crippen molar-refractivity contribution in [3.63, 3.8) is 0 Å². The average Bonchev–Trinajstić information content (AvgIpc) is 2.33. The number of nitrogen functional groups attached to an aromatic ring is 1. The molecule has 0 unspecified atom stereocenters. The maximum absolute atomic E-state index is 5.91. The van der Waals surface area contributed by atoms with Crippen LogP contribution in [0.2, 0.25) is 0 Å². The molecule has 1 aromatic heterocycles. The van der Waals surface area contributed by atoms with Gasteiger partial charge in [-0.1, -0.05) is 13.8 Å². The molecular weight excluding hydrogens is 156 g/mol. The van der Waals surface area contributed by atoms with E-state index in [0.717, 1.165) is 10.6 Å². The first-order valence-corrected chi connectivity index (χ1v) is 4.59. The second kappa shape index (κ2) is 3.24. The number of hydrogen-bond donors (Lipinski definition) is 2. The molecule has 2 nitrogen and oxygen atoms in total. The van der Waals surface area contributed by atoms with Gasteiger partial charge < -0.3 is 11.5 Å². The fourth-order valence-corrected chi connectivity index (χ4v) is 1.90. The lowest BCUT2D eigenvalue weighted by Gasteiger charge is -2.14. The van der Waals surface area contributed by atoms with Crippen molar-refractivity contribution in [3.05, 3.63) is 16.3 Å². The highest BCUT2D eigenvalue weighted by molar-refractivity contribution is 7.10. The number of nitrogens with two attached hydrogens (primary N) is 2. The smallest absolute Gasteiger partial charge is 0.0471 e. The fourth-order valence-electron chi connectivity index (χ4n) is 0.905. The molecule has 0 amide bonds. The zero-order valence-electron chi connectivity index (χ0n) is 6.87. The van der Waals surface area contributed by atoms with Crippen LogP contribution < -0.4 is 11.5 Å². The predicted molar refractivity (Wildman–Crippen MR) is 50.5 cm³/mol. The molecule has 4 N–H and O–H groups in total. The van der Waals surface area contributed by atoms with E-state index in [-0.39, 0.29) is 6.04 Å². The number of anilines is 1. The molecule has 1 heterocycles. The molecule has 0 aliphatic carbocycles. The standard InChI is InChI=1S/C8H14N2S/c1-5(2)7(10)8-6(9)3-4-11-8/h3-5,7H,9-10H2,1-2H3/t7-/m1/s1. The minimum Gasteiger partial charge on any atom is -0.398 e. The van der Waals surface area contributed by atoms with Crippen LogP contribution in [0.5, 0.6) is 0 Å². The van der Waals surface area contributed by atoms with E-state index in [4.69, 9.17) is 11.5 Å². The molecule has 0 radical (unpaired) electrons. The van der Waals surface area contributed by atoms with Crippen LogP contribution in [0.3, 0.4) is 0 Å². The molecule has 62 valence electrons. The van der Waals surface area contributed by atoms with Crippen molar-refractivity contribution in [2.45, 2.75) is 19.9 Å². The quantitative estimate of drug-likeness (QED) is 0.713. The van der Waals surface area contributed by atoms with Crippen molar-refractivity contribution in [1.29, 1.82) is 0 Å². The second-order valence-electron chi connectivity index (χ2n) is 3.01. The van der Waals surface area contributed by atoms with Crippen LogP contribution in [0, 0.1) is 5.92 Å². The van der Waals surface area contributed by atoms with Crippen LogP contribution in [0.25, 0.3) is 0 Å². The molecule has 1 aromatic rings. The highest BCUT2D eigenvalue weighted by atomic mass is 32.1. The maximum atomic E-state index is 5.91. The van der Waals surface area contributed by atoms with E-state index in [2.05, 4.69) is 13.8 Å². The summed E-state index contributed by atoms with van der Waals surface area (Å²) in [4.78, 5) is 1.11. The van der Waals surface area contributed by atoms with E-state index < -0.39 is 0 Å². The normalized spacial score (nSPS) is 13.8. The molecule has 0 saturated carbocycles. The summed E-state index contributed by atoms with van der Waals surface area (Å²) in [6, 6.07) is 2.00.